The number of aliphatic hydroxyl groups is 1. The number of hydrogen-bond acceptors (Lipinski definition) is 5. The highest BCUT2D eigenvalue weighted by atomic mass is 32.1. The molecule has 0 bridgehead atoms. The number of aryl methyl sites for hydroxylation is 1. The Morgan fingerprint density at radius 1 is 1.24 bits per heavy atom. The van der Waals surface area contributed by atoms with Gasteiger partial charge in [-0.1, -0.05) is 31.5 Å². The van der Waals surface area contributed by atoms with Gasteiger partial charge in [0, 0.05) is 11.2 Å². The SMILES string of the molecule is CCCc1cc2ncc(-c3cc4ccccc4s3)n2nc1NCCO. The molecule has 0 fully saturated rings. The minimum atomic E-state index is 0.0817. The molecular weight excluding hydrogens is 332 g/mol. The third-order valence-electron chi connectivity index (χ3n) is 4.17. The van der Waals surface area contributed by atoms with E-state index in [2.05, 4.69) is 53.6 Å². The number of nitrogens with one attached hydrogen (secondary N) is 1. The molecule has 4 rings (SSSR count). The van der Waals surface area contributed by atoms with Gasteiger partial charge in [0.25, 0.3) is 0 Å². The quantitative estimate of drug-likeness (QED) is 0.551. The molecule has 0 amide bonds. The van der Waals surface area contributed by atoms with Gasteiger partial charge in [-0.05, 0) is 35.6 Å². The number of rotatable bonds is 6. The van der Waals surface area contributed by atoms with E-state index in [1.165, 1.54) is 10.1 Å². The average molecular weight is 352 g/mol. The summed E-state index contributed by atoms with van der Waals surface area (Å²) in [6.45, 7) is 2.72. The first-order valence-corrected chi connectivity index (χ1v) is 9.33. The van der Waals surface area contributed by atoms with Gasteiger partial charge in [0.1, 0.15) is 11.5 Å². The number of hydrogen-bond donors (Lipinski definition) is 2. The van der Waals surface area contributed by atoms with E-state index in [0.29, 0.717) is 6.54 Å². The van der Waals surface area contributed by atoms with Crippen LogP contribution in [0, 0.1) is 0 Å². The van der Waals surface area contributed by atoms with Crippen molar-refractivity contribution in [2.45, 2.75) is 19.8 Å². The van der Waals surface area contributed by atoms with Gasteiger partial charge in [0.05, 0.1) is 17.7 Å². The Labute approximate surface area is 150 Å². The van der Waals surface area contributed by atoms with E-state index < -0.39 is 0 Å². The molecule has 6 heteroatoms. The summed E-state index contributed by atoms with van der Waals surface area (Å²) in [4.78, 5) is 5.71. The van der Waals surface area contributed by atoms with Crippen LogP contribution in [0.1, 0.15) is 18.9 Å². The summed E-state index contributed by atoms with van der Waals surface area (Å²) in [6, 6.07) is 12.6. The molecule has 25 heavy (non-hydrogen) atoms. The molecular formula is C19H20N4OS. The molecule has 0 saturated heterocycles. The minimum absolute atomic E-state index is 0.0817. The van der Waals surface area contributed by atoms with E-state index in [4.69, 9.17) is 10.2 Å². The van der Waals surface area contributed by atoms with Crippen molar-refractivity contribution in [1.82, 2.24) is 14.6 Å². The number of anilines is 1. The Morgan fingerprint density at radius 2 is 2.12 bits per heavy atom. The number of nitrogens with zero attached hydrogens (tertiary/aromatic N) is 3. The molecule has 0 aliphatic rings. The lowest BCUT2D eigenvalue weighted by Gasteiger charge is -2.11. The Kier molecular flexibility index (Phi) is 4.38. The summed E-state index contributed by atoms with van der Waals surface area (Å²) in [5, 5.41) is 18.4. The Bertz CT molecular complexity index is 988. The number of imidazole rings is 1. The smallest absolute Gasteiger partial charge is 0.154 e. The highest BCUT2D eigenvalue weighted by molar-refractivity contribution is 7.22. The van der Waals surface area contributed by atoms with E-state index in [1.807, 2.05) is 10.7 Å². The maximum absolute atomic E-state index is 9.13. The predicted octanol–water partition coefficient (Wildman–Crippen LogP) is 3.97. The fourth-order valence-electron chi connectivity index (χ4n) is 3.01. The molecule has 128 valence electrons. The summed E-state index contributed by atoms with van der Waals surface area (Å²) < 4.78 is 3.15. The summed E-state index contributed by atoms with van der Waals surface area (Å²) in [7, 11) is 0. The Hall–Kier alpha value is -2.44. The van der Waals surface area contributed by atoms with E-state index in [0.717, 1.165) is 40.4 Å². The second-order valence-corrected chi connectivity index (χ2v) is 7.06. The molecule has 0 spiro atoms. The fraction of sp³-hybridized carbons (Fsp3) is 0.263. The van der Waals surface area contributed by atoms with Crippen molar-refractivity contribution < 1.29 is 5.11 Å². The Morgan fingerprint density at radius 3 is 2.92 bits per heavy atom. The van der Waals surface area contributed by atoms with Crippen LogP contribution < -0.4 is 5.32 Å². The number of fused-ring (bicyclic) bond motifs is 2. The van der Waals surface area contributed by atoms with Crippen molar-refractivity contribution in [2.24, 2.45) is 0 Å². The number of thiophene rings is 1. The van der Waals surface area contributed by atoms with Crippen molar-refractivity contribution in [1.29, 1.82) is 0 Å². The predicted molar refractivity (Wildman–Crippen MR) is 103 cm³/mol. The fourth-order valence-corrected chi connectivity index (χ4v) is 4.07. The number of benzene rings is 1. The van der Waals surface area contributed by atoms with Gasteiger partial charge < -0.3 is 10.4 Å². The van der Waals surface area contributed by atoms with Crippen molar-refractivity contribution in [2.75, 3.05) is 18.5 Å². The van der Waals surface area contributed by atoms with Crippen LogP contribution in [0.15, 0.2) is 42.6 Å². The van der Waals surface area contributed by atoms with E-state index >= 15 is 0 Å². The topological polar surface area (TPSA) is 62.5 Å². The van der Waals surface area contributed by atoms with Gasteiger partial charge in [-0.15, -0.1) is 16.4 Å². The molecule has 0 atom stereocenters. The molecule has 4 aromatic rings. The molecule has 0 saturated carbocycles. The zero-order chi connectivity index (χ0) is 17.2. The lowest BCUT2D eigenvalue weighted by molar-refractivity contribution is 0.311. The summed E-state index contributed by atoms with van der Waals surface area (Å²) in [5.74, 6) is 0.823. The van der Waals surface area contributed by atoms with Gasteiger partial charge >= 0.3 is 0 Å². The van der Waals surface area contributed by atoms with Gasteiger partial charge in [0.2, 0.25) is 0 Å². The first-order valence-electron chi connectivity index (χ1n) is 8.51. The van der Waals surface area contributed by atoms with E-state index in [9.17, 15) is 0 Å². The molecule has 0 unspecified atom stereocenters. The van der Waals surface area contributed by atoms with Crippen molar-refractivity contribution in [3.05, 3.63) is 48.2 Å². The first kappa shape index (κ1) is 16.1. The number of aromatic nitrogens is 3. The van der Waals surface area contributed by atoms with E-state index in [1.54, 1.807) is 11.3 Å². The van der Waals surface area contributed by atoms with Crippen LogP contribution in [0.25, 0.3) is 26.3 Å². The van der Waals surface area contributed by atoms with Crippen molar-refractivity contribution in [3.63, 3.8) is 0 Å². The van der Waals surface area contributed by atoms with Crippen LogP contribution in [-0.4, -0.2) is 32.9 Å². The van der Waals surface area contributed by atoms with Crippen molar-refractivity contribution in [3.8, 4) is 10.6 Å². The number of aliphatic hydroxyl groups excluding tert-OH is 1. The highest BCUT2D eigenvalue weighted by Gasteiger charge is 2.14. The molecule has 1 aromatic carbocycles. The molecule has 2 N–H and O–H groups in total. The maximum atomic E-state index is 9.13. The third kappa shape index (κ3) is 2.99. The van der Waals surface area contributed by atoms with Gasteiger partial charge in [-0.3, -0.25) is 0 Å². The molecule has 3 heterocycles. The molecule has 5 nitrogen and oxygen atoms in total. The van der Waals surface area contributed by atoms with Gasteiger partial charge in [0.15, 0.2) is 5.65 Å². The van der Waals surface area contributed by atoms with Crippen LogP contribution in [0.5, 0.6) is 0 Å². The lowest BCUT2D eigenvalue weighted by atomic mass is 10.1. The largest absolute Gasteiger partial charge is 0.395 e. The van der Waals surface area contributed by atoms with Crippen LogP contribution in [0.2, 0.25) is 0 Å². The monoisotopic (exact) mass is 352 g/mol. The Balaban J connectivity index is 1.84. The molecule has 0 aliphatic heterocycles. The second-order valence-electron chi connectivity index (χ2n) is 5.98. The molecule has 0 radical (unpaired) electrons. The maximum Gasteiger partial charge on any atom is 0.154 e. The summed E-state index contributed by atoms with van der Waals surface area (Å²) in [6.07, 6.45) is 3.86. The zero-order valence-electron chi connectivity index (χ0n) is 14.1. The van der Waals surface area contributed by atoms with Crippen molar-refractivity contribution >= 4 is 32.9 Å². The molecule has 0 aliphatic carbocycles. The van der Waals surface area contributed by atoms with Crippen LogP contribution in [0.4, 0.5) is 5.82 Å². The summed E-state index contributed by atoms with van der Waals surface area (Å²) >= 11 is 1.75. The zero-order valence-corrected chi connectivity index (χ0v) is 14.9. The van der Waals surface area contributed by atoms with Crippen LogP contribution in [0.3, 0.4) is 0 Å². The van der Waals surface area contributed by atoms with E-state index in [-0.39, 0.29) is 6.61 Å². The minimum Gasteiger partial charge on any atom is -0.395 e. The second kappa shape index (κ2) is 6.82. The molecule has 3 aromatic heterocycles. The summed E-state index contributed by atoms with van der Waals surface area (Å²) in [5.41, 5.74) is 2.98. The highest BCUT2D eigenvalue weighted by Crippen LogP contribution is 2.33. The van der Waals surface area contributed by atoms with Crippen LogP contribution >= 0.6 is 11.3 Å². The van der Waals surface area contributed by atoms with Crippen LogP contribution in [-0.2, 0) is 6.42 Å². The standard InChI is InChI=1S/C19H20N4OS/c1-2-5-14-11-18-21-12-15(23(18)22-19(14)20-8-9-24)17-10-13-6-3-4-7-16(13)25-17/h3-4,6-7,10-12,24H,2,5,8-9H2,1H3,(H,20,22). The van der Waals surface area contributed by atoms with Gasteiger partial charge in [-0.2, -0.15) is 0 Å². The van der Waals surface area contributed by atoms with Gasteiger partial charge in [-0.25, -0.2) is 9.50 Å². The third-order valence-corrected chi connectivity index (χ3v) is 5.31. The lowest BCUT2D eigenvalue weighted by Crippen LogP contribution is -2.11. The first-order chi connectivity index (χ1) is 12.3. The normalized spacial score (nSPS) is 11.4. The average Bonchev–Trinajstić information content (AvgIpc) is 3.23.